The zero-order valence-electron chi connectivity index (χ0n) is 20.1. The van der Waals surface area contributed by atoms with Gasteiger partial charge in [-0.3, -0.25) is 4.98 Å². The Balaban J connectivity index is 1.42. The Bertz CT molecular complexity index is 1440. The number of anilines is 1. The van der Waals surface area contributed by atoms with Gasteiger partial charge in [-0.05, 0) is 31.0 Å². The number of rotatable bonds is 6. The van der Waals surface area contributed by atoms with Crippen LogP contribution in [-0.2, 0) is 22.9 Å². The Morgan fingerprint density at radius 3 is 2.37 bits per heavy atom. The molecule has 0 atom stereocenters. The largest absolute Gasteiger partial charge is 0.354 e. The number of fused-ring (bicyclic) bond motifs is 1. The van der Waals surface area contributed by atoms with Crippen LogP contribution in [0.5, 0.6) is 0 Å². The van der Waals surface area contributed by atoms with Gasteiger partial charge < -0.3 is 4.90 Å². The van der Waals surface area contributed by atoms with Crippen molar-refractivity contribution in [2.45, 2.75) is 31.6 Å². The van der Waals surface area contributed by atoms with Crippen LogP contribution in [0, 0.1) is 6.92 Å². The first-order valence-corrected chi connectivity index (χ1v) is 13.4. The van der Waals surface area contributed by atoms with Crippen LogP contribution in [0.2, 0.25) is 0 Å². The van der Waals surface area contributed by atoms with Crippen molar-refractivity contribution in [1.29, 1.82) is 0 Å². The van der Waals surface area contributed by atoms with Gasteiger partial charge in [-0.15, -0.1) is 0 Å². The number of nitrogens with zero attached hydrogens (tertiary/aromatic N) is 5. The molecule has 0 amide bonds. The van der Waals surface area contributed by atoms with Crippen LogP contribution in [0.3, 0.4) is 0 Å². The molecule has 3 heterocycles. The van der Waals surface area contributed by atoms with Gasteiger partial charge in [0, 0.05) is 55.4 Å². The smallest absolute Gasteiger partial charge is 0.245 e. The molecule has 0 radical (unpaired) electrons. The first kappa shape index (κ1) is 23.4. The van der Waals surface area contributed by atoms with Crippen molar-refractivity contribution in [2.24, 2.45) is 0 Å². The lowest BCUT2D eigenvalue weighted by Gasteiger charge is -2.36. The third kappa shape index (κ3) is 4.63. The van der Waals surface area contributed by atoms with E-state index >= 15 is 0 Å². The van der Waals surface area contributed by atoms with Crippen LogP contribution in [0.15, 0.2) is 71.8 Å². The lowest BCUT2D eigenvalue weighted by molar-refractivity contribution is 0.383. The molecule has 35 heavy (non-hydrogen) atoms. The average molecular weight is 488 g/mol. The maximum absolute atomic E-state index is 13.5. The Morgan fingerprint density at radius 2 is 1.63 bits per heavy atom. The van der Waals surface area contributed by atoms with E-state index in [0.29, 0.717) is 31.7 Å². The van der Waals surface area contributed by atoms with Crippen molar-refractivity contribution >= 4 is 26.7 Å². The van der Waals surface area contributed by atoms with Gasteiger partial charge in [-0.2, -0.15) is 4.31 Å². The minimum Gasteiger partial charge on any atom is -0.354 e. The highest BCUT2D eigenvalue weighted by Crippen LogP contribution is 2.28. The molecular formula is C27H29N5O2S. The number of hydrogen-bond acceptors (Lipinski definition) is 6. The summed E-state index contributed by atoms with van der Waals surface area (Å²) in [6.07, 6.45) is 3.21. The summed E-state index contributed by atoms with van der Waals surface area (Å²) in [5.41, 5.74) is 3.90. The van der Waals surface area contributed by atoms with Crippen molar-refractivity contribution < 1.29 is 8.42 Å². The molecule has 1 saturated heterocycles. The van der Waals surface area contributed by atoms with E-state index in [2.05, 4.69) is 28.9 Å². The van der Waals surface area contributed by atoms with Gasteiger partial charge in [0.05, 0.1) is 5.52 Å². The molecule has 0 unspecified atom stereocenters. The summed E-state index contributed by atoms with van der Waals surface area (Å²) in [7, 11) is -3.66. The summed E-state index contributed by atoms with van der Waals surface area (Å²) in [4.78, 5) is 16.4. The Kier molecular flexibility index (Phi) is 6.49. The molecule has 180 valence electrons. The van der Waals surface area contributed by atoms with Crippen LogP contribution < -0.4 is 4.90 Å². The second kappa shape index (κ2) is 9.71. The number of piperazine rings is 1. The van der Waals surface area contributed by atoms with E-state index in [0.717, 1.165) is 41.1 Å². The second-order valence-corrected chi connectivity index (χ2v) is 10.7. The summed E-state index contributed by atoms with van der Waals surface area (Å²) < 4.78 is 28.7. The first-order chi connectivity index (χ1) is 17.0. The first-order valence-electron chi connectivity index (χ1n) is 12.0. The fourth-order valence-electron chi connectivity index (χ4n) is 4.74. The Morgan fingerprint density at radius 1 is 0.886 bits per heavy atom. The molecule has 0 aliphatic carbocycles. The lowest BCUT2D eigenvalue weighted by atomic mass is 10.0. The van der Waals surface area contributed by atoms with E-state index in [1.807, 2.05) is 43.3 Å². The van der Waals surface area contributed by atoms with E-state index in [4.69, 9.17) is 9.97 Å². The van der Waals surface area contributed by atoms with Crippen molar-refractivity contribution in [1.82, 2.24) is 19.3 Å². The van der Waals surface area contributed by atoms with E-state index in [9.17, 15) is 8.42 Å². The Labute approximate surface area is 206 Å². The molecule has 0 spiro atoms. The molecule has 1 aliphatic heterocycles. The van der Waals surface area contributed by atoms with Crippen LogP contribution in [0.1, 0.15) is 29.6 Å². The molecular weight excluding hydrogens is 458 g/mol. The zero-order valence-corrected chi connectivity index (χ0v) is 20.9. The van der Waals surface area contributed by atoms with Crippen LogP contribution in [0.25, 0.3) is 10.9 Å². The van der Waals surface area contributed by atoms with Gasteiger partial charge in [0.15, 0.2) is 0 Å². The van der Waals surface area contributed by atoms with Gasteiger partial charge in [-0.25, -0.2) is 18.4 Å². The van der Waals surface area contributed by atoms with E-state index in [1.165, 1.54) is 5.56 Å². The van der Waals surface area contributed by atoms with Crippen LogP contribution in [0.4, 0.5) is 5.82 Å². The van der Waals surface area contributed by atoms with Crippen molar-refractivity contribution in [2.75, 3.05) is 31.1 Å². The fraction of sp³-hybridized carbons (Fsp3) is 0.296. The molecule has 1 aliphatic rings. The molecule has 1 fully saturated rings. The summed E-state index contributed by atoms with van der Waals surface area (Å²) in [5, 5.41) is 0.821. The molecule has 0 bridgehead atoms. The number of hydrogen-bond donors (Lipinski definition) is 0. The molecule has 8 heteroatoms. The van der Waals surface area contributed by atoms with Gasteiger partial charge in [-0.1, -0.05) is 55.5 Å². The predicted molar refractivity (Wildman–Crippen MR) is 138 cm³/mol. The average Bonchev–Trinajstić information content (AvgIpc) is 2.89. The van der Waals surface area contributed by atoms with E-state index in [1.54, 1.807) is 22.6 Å². The van der Waals surface area contributed by atoms with Crippen molar-refractivity contribution in [3.63, 3.8) is 0 Å². The standard InChI is InChI=1S/C27H29N5O2S/c1-3-24-23(19-21-9-5-4-6-10-21)27(30-20(2)29-24)31-15-17-32(18-16-31)35(33,34)25-13-7-11-22-12-8-14-28-26(22)25/h4-14H,3,15-19H2,1-2H3. The maximum atomic E-state index is 13.5. The molecule has 2 aromatic carbocycles. The highest BCUT2D eigenvalue weighted by molar-refractivity contribution is 7.89. The highest BCUT2D eigenvalue weighted by Gasteiger charge is 2.31. The number of pyridine rings is 1. The van der Waals surface area contributed by atoms with E-state index < -0.39 is 10.0 Å². The highest BCUT2D eigenvalue weighted by atomic mass is 32.2. The number of aromatic nitrogens is 3. The fourth-order valence-corrected chi connectivity index (χ4v) is 6.32. The topological polar surface area (TPSA) is 79.3 Å². The Hall–Kier alpha value is -3.36. The molecule has 4 aromatic rings. The molecule has 5 rings (SSSR count). The summed E-state index contributed by atoms with van der Waals surface area (Å²) in [6.45, 7) is 5.95. The summed E-state index contributed by atoms with van der Waals surface area (Å²) >= 11 is 0. The number of para-hydroxylation sites is 1. The van der Waals surface area contributed by atoms with Gasteiger partial charge in [0.2, 0.25) is 10.0 Å². The quantitative estimate of drug-likeness (QED) is 0.409. The van der Waals surface area contributed by atoms with Crippen LogP contribution in [-0.4, -0.2) is 53.9 Å². The van der Waals surface area contributed by atoms with Crippen LogP contribution >= 0.6 is 0 Å². The minimum atomic E-state index is -3.66. The molecule has 0 N–H and O–H groups in total. The number of sulfonamides is 1. The van der Waals surface area contributed by atoms with Gasteiger partial charge in [0.1, 0.15) is 16.5 Å². The van der Waals surface area contributed by atoms with E-state index in [-0.39, 0.29) is 4.90 Å². The second-order valence-electron chi connectivity index (χ2n) is 8.76. The normalized spacial score (nSPS) is 15.0. The number of benzene rings is 2. The zero-order chi connectivity index (χ0) is 24.4. The van der Waals surface area contributed by atoms with Crippen molar-refractivity contribution in [3.8, 4) is 0 Å². The van der Waals surface area contributed by atoms with Crippen molar-refractivity contribution in [3.05, 3.63) is 89.5 Å². The molecule has 7 nitrogen and oxygen atoms in total. The minimum absolute atomic E-state index is 0.264. The third-order valence-corrected chi connectivity index (χ3v) is 8.42. The maximum Gasteiger partial charge on any atom is 0.245 e. The van der Waals surface area contributed by atoms with Gasteiger partial charge in [0.25, 0.3) is 0 Å². The number of aryl methyl sites for hydroxylation is 2. The SMILES string of the molecule is CCc1nc(C)nc(N2CCN(S(=O)(=O)c3cccc4cccnc34)CC2)c1Cc1ccccc1. The molecule has 0 saturated carbocycles. The summed E-state index contributed by atoms with van der Waals surface area (Å²) in [6, 6.07) is 19.4. The monoisotopic (exact) mass is 487 g/mol. The predicted octanol–water partition coefficient (Wildman–Crippen LogP) is 4.00. The molecule has 2 aromatic heterocycles. The summed E-state index contributed by atoms with van der Waals surface area (Å²) in [5.74, 6) is 1.66. The third-order valence-electron chi connectivity index (χ3n) is 6.49. The lowest BCUT2D eigenvalue weighted by Crippen LogP contribution is -2.49. The van der Waals surface area contributed by atoms with Gasteiger partial charge >= 0.3 is 0 Å².